The lowest BCUT2D eigenvalue weighted by Gasteiger charge is -2.55. The fourth-order valence-electron chi connectivity index (χ4n) is 7.74. The Morgan fingerprint density at radius 1 is 1.18 bits per heavy atom. The van der Waals surface area contributed by atoms with Gasteiger partial charge in [0.25, 0.3) is 0 Å². The molecule has 0 saturated heterocycles. The third kappa shape index (κ3) is 6.17. The second-order valence-electron chi connectivity index (χ2n) is 12.4. The number of aliphatic hydroxyl groups is 4. The lowest BCUT2D eigenvalue weighted by molar-refractivity contribution is -0.168. The summed E-state index contributed by atoms with van der Waals surface area (Å²) in [5.74, 6) is -0.342. The van der Waals surface area contributed by atoms with Gasteiger partial charge in [-0.25, -0.2) is 0 Å². The van der Waals surface area contributed by atoms with Crippen molar-refractivity contribution >= 4 is 6.29 Å². The summed E-state index contributed by atoms with van der Waals surface area (Å²) in [5.41, 5.74) is 2.85. The zero-order valence-corrected chi connectivity index (χ0v) is 24.0. The van der Waals surface area contributed by atoms with Crippen LogP contribution < -0.4 is 0 Å². The van der Waals surface area contributed by atoms with E-state index in [-0.39, 0.29) is 24.4 Å². The molecule has 0 heterocycles. The predicted octanol–water partition coefficient (Wildman–Crippen LogP) is 5.75. The number of allylic oxidation sites excluding steroid dienone is 8. The SMILES string of the molecule is C=C(C=CC=C1C(O)CCCC2CC3(C(CCCO)C(=C(C)C=O)CCC3(C)O)C(O)C12)CCC=C(C)C. The highest BCUT2D eigenvalue weighted by molar-refractivity contribution is 5.74. The number of aldehydes is 1. The highest BCUT2D eigenvalue weighted by Gasteiger charge is 2.66. The summed E-state index contributed by atoms with van der Waals surface area (Å²) >= 11 is 0. The fourth-order valence-corrected chi connectivity index (χ4v) is 7.74. The lowest BCUT2D eigenvalue weighted by Crippen LogP contribution is -2.59. The Kier molecular flexibility index (Phi) is 10.6. The first-order valence-electron chi connectivity index (χ1n) is 14.5. The van der Waals surface area contributed by atoms with E-state index < -0.39 is 23.2 Å². The molecule has 4 N–H and O–H groups in total. The normalized spacial score (nSPS) is 37.8. The Morgan fingerprint density at radius 3 is 2.58 bits per heavy atom. The van der Waals surface area contributed by atoms with Crippen LogP contribution in [-0.4, -0.2) is 51.1 Å². The van der Waals surface area contributed by atoms with Gasteiger partial charge in [0.2, 0.25) is 0 Å². The van der Waals surface area contributed by atoms with Crippen molar-refractivity contribution in [1.29, 1.82) is 0 Å². The molecule has 0 bridgehead atoms. The number of carbonyl (C=O) groups excluding carboxylic acids is 1. The molecule has 3 rings (SSSR count). The Morgan fingerprint density at radius 2 is 1.92 bits per heavy atom. The van der Waals surface area contributed by atoms with Gasteiger partial charge in [0.1, 0.15) is 6.29 Å². The Bertz CT molecular complexity index is 979. The van der Waals surface area contributed by atoms with Crippen LogP contribution in [0.2, 0.25) is 0 Å². The highest BCUT2D eigenvalue weighted by atomic mass is 16.3. The average Bonchev–Trinajstić information content (AvgIpc) is 3.05. The lowest BCUT2D eigenvalue weighted by atomic mass is 9.52. The summed E-state index contributed by atoms with van der Waals surface area (Å²) in [5, 5.41) is 45.0. The minimum Gasteiger partial charge on any atom is -0.396 e. The van der Waals surface area contributed by atoms with E-state index in [1.165, 1.54) is 5.57 Å². The number of carbonyl (C=O) groups is 1. The molecule has 7 atom stereocenters. The van der Waals surface area contributed by atoms with E-state index in [0.717, 1.165) is 48.7 Å². The molecule has 1 spiro atoms. The van der Waals surface area contributed by atoms with Crippen molar-refractivity contribution in [3.05, 3.63) is 58.7 Å². The average molecular weight is 527 g/mol. The molecular weight excluding hydrogens is 476 g/mol. The number of hydrogen-bond donors (Lipinski definition) is 4. The third-order valence-electron chi connectivity index (χ3n) is 9.70. The number of aliphatic hydroxyl groups excluding tert-OH is 3. The summed E-state index contributed by atoms with van der Waals surface area (Å²) < 4.78 is 0. The molecule has 3 aliphatic carbocycles. The quantitative estimate of drug-likeness (QED) is 0.133. The molecule has 0 aromatic heterocycles. The van der Waals surface area contributed by atoms with Gasteiger partial charge in [0.15, 0.2) is 0 Å². The maximum atomic E-state index is 12.2. The number of hydrogen-bond acceptors (Lipinski definition) is 5. The van der Waals surface area contributed by atoms with E-state index >= 15 is 0 Å². The zero-order chi connectivity index (χ0) is 28.1. The Labute approximate surface area is 229 Å². The summed E-state index contributed by atoms with van der Waals surface area (Å²) in [4.78, 5) is 11.8. The molecule has 0 aliphatic heterocycles. The molecule has 5 nitrogen and oxygen atoms in total. The van der Waals surface area contributed by atoms with Gasteiger partial charge in [-0.3, -0.25) is 4.79 Å². The molecule has 7 unspecified atom stereocenters. The van der Waals surface area contributed by atoms with Crippen LogP contribution in [0, 0.1) is 23.2 Å². The van der Waals surface area contributed by atoms with Crippen molar-refractivity contribution in [3.63, 3.8) is 0 Å². The van der Waals surface area contributed by atoms with Gasteiger partial charge in [0.05, 0.1) is 17.8 Å². The standard InChI is InChI=1S/C33H50O5/c1-22(2)10-6-11-23(3)12-7-14-27-29(36)16-8-13-25-20-33(31(37)30(25)27)28(15-9-19-34)26(24(4)21-35)17-18-32(33,5)38/h7,10,12,14,21,25,28-31,34,36-38H,3,6,8-9,11,13,15-20H2,1-2,4-5H3. The van der Waals surface area contributed by atoms with Crippen molar-refractivity contribution in [2.24, 2.45) is 23.2 Å². The number of rotatable bonds is 9. The summed E-state index contributed by atoms with van der Waals surface area (Å²) in [6.45, 7) is 12.0. The van der Waals surface area contributed by atoms with Crippen LogP contribution in [0.25, 0.3) is 0 Å². The summed E-state index contributed by atoms with van der Waals surface area (Å²) in [6.07, 6.45) is 14.6. The van der Waals surface area contributed by atoms with Crippen LogP contribution in [0.1, 0.15) is 91.9 Å². The second kappa shape index (κ2) is 13.0. The van der Waals surface area contributed by atoms with Gasteiger partial charge in [-0.1, -0.05) is 54.0 Å². The van der Waals surface area contributed by atoms with E-state index in [1.54, 1.807) is 0 Å². The monoisotopic (exact) mass is 526 g/mol. The van der Waals surface area contributed by atoms with Gasteiger partial charge in [-0.05, 0) is 108 Å². The number of fused-ring (bicyclic) bond motifs is 1. The molecule has 0 aromatic carbocycles. The molecule has 5 heteroatoms. The topological polar surface area (TPSA) is 98.0 Å². The van der Waals surface area contributed by atoms with Gasteiger partial charge >= 0.3 is 0 Å². The molecule has 3 saturated carbocycles. The molecule has 3 aliphatic rings. The van der Waals surface area contributed by atoms with Crippen LogP contribution in [0.5, 0.6) is 0 Å². The van der Waals surface area contributed by atoms with Crippen LogP contribution in [0.4, 0.5) is 0 Å². The molecule has 3 fully saturated rings. The van der Waals surface area contributed by atoms with E-state index in [1.807, 2.05) is 32.1 Å². The van der Waals surface area contributed by atoms with Crippen molar-refractivity contribution in [1.82, 2.24) is 0 Å². The molecule has 212 valence electrons. The maximum absolute atomic E-state index is 12.2. The fraction of sp³-hybridized carbons (Fsp3) is 0.667. The largest absolute Gasteiger partial charge is 0.396 e. The van der Waals surface area contributed by atoms with Gasteiger partial charge in [0, 0.05) is 17.9 Å². The Hall–Kier alpha value is -1.79. The van der Waals surface area contributed by atoms with Crippen LogP contribution in [-0.2, 0) is 4.79 Å². The van der Waals surface area contributed by atoms with Crippen molar-refractivity contribution in [2.75, 3.05) is 6.61 Å². The van der Waals surface area contributed by atoms with Crippen molar-refractivity contribution in [2.45, 2.75) is 110 Å². The Balaban J connectivity index is 2.01. The van der Waals surface area contributed by atoms with Gasteiger partial charge in [-0.15, -0.1) is 0 Å². The van der Waals surface area contributed by atoms with E-state index in [0.29, 0.717) is 44.1 Å². The zero-order valence-electron chi connectivity index (χ0n) is 24.0. The van der Waals surface area contributed by atoms with Gasteiger partial charge in [-0.2, -0.15) is 0 Å². The first kappa shape index (κ1) is 30.7. The highest BCUT2D eigenvalue weighted by Crippen LogP contribution is 2.65. The molecular formula is C33H50O5. The van der Waals surface area contributed by atoms with E-state index in [2.05, 4.69) is 26.5 Å². The molecule has 0 amide bonds. The third-order valence-corrected chi connectivity index (χ3v) is 9.70. The molecule has 0 radical (unpaired) electrons. The predicted molar refractivity (Wildman–Crippen MR) is 153 cm³/mol. The van der Waals surface area contributed by atoms with Gasteiger partial charge < -0.3 is 20.4 Å². The van der Waals surface area contributed by atoms with Crippen molar-refractivity contribution < 1.29 is 25.2 Å². The van der Waals surface area contributed by atoms with E-state index in [9.17, 15) is 25.2 Å². The minimum absolute atomic E-state index is 0.0251. The van der Waals surface area contributed by atoms with Crippen LogP contribution in [0.15, 0.2) is 58.7 Å². The first-order valence-corrected chi connectivity index (χ1v) is 14.5. The summed E-state index contributed by atoms with van der Waals surface area (Å²) in [6, 6.07) is 0. The summed E-state index contributed by atoms with van der Waals surface area (Å²) in [7, 11) is 0. The minimum atomic E-state index is -1.13. The van der Waals surface area contributed by atoms with Crippen LogP contribution >= 0.6 is 0 Å². The molecule has 0 aromatic rings. The second-order valence-corrected chi connectivity index (χ2v) is 12.4. The first-order chi connectivity index (χ1) is 18.0. The molecule has 38 heavy (non-hydrogen) atoms. The van der Waals surface area contributed by atoms with Crippen molar-refractivity contribution in [3.8, 4) is 0 Å². The smallest absolute Gasteiger partial charge is 0.145 e. The van der Waals surface area contributed by atoms with E-state index in [4.69, 9.17) is 0 Å². The van der Waals surface area contributed by atoms with Crippen LogP contribution in [0.3, 0.4) is 0 Å². The maximum Gasteiger partial charge on any atom is 0.145 e.